The van der Waals surface area contributed by atoms with Crippen molar-refractivity contribution >= 4 is 40.2 Å². The summed E-state index contributed by atoms with van der Waals surface area (Å²) >= 11 is 1.48. The lowest BCUT2D eigenvalue weighted by atomic mass is 10.1. The molecule has 8 heteroatoms. The number of carbonyl (C=O) groups is 2. The van der Waals surface area contributed by atoms with E-state index in [4.69, 9.17) is 5.26 Å². The maximum Gasteiger partial charge on any atom is 0.257 e. The minimum Gasteiger partial charge on any atom is -0.347 e. The highest BCUT2D eigenvalue weighted by molar-refractivity contribution is 7.15. The predicted molar refractivity (Wildman–Crippen MR) is 132 cm³/mol. The van der Waals surface area contributed by atoms with Gasteiger partial charge in [0, 0.05) is 29.2 Å². The standard InChI is InChI=1S/C26H19N5O2S/c1-31-22-5-3-2-4-20(22)25(33)30-21-12-18(10-11-23(21)31)24(32)28-14-19-15-29-26(34-19)17-8-6-16(13-27)7-9-17/h2-12,15H,14H2,1H3,(H,28,32)(H,30,33). The number of rotatable bonds is 4. The maximum atomic E-state index is 12.8. The third kappa shape index (κ3) is 4.00. The molecule has 0 saturated carbocycles. The molecule has 0 bridgehead atoms. The lowest BCUT2D eigenvalue weighted by Crippen LogP contribution is -2.22. The highest BCUT2D eigenvalue weighted by Crippen LogP contribution is 2.37. The van der Waals surface area contributed by atoms with E-state index in [1.807, 2.05) is 48.3 Å². The fourth-order valence-corrected chi connectivity index (χ4v) is 4.68. The normalized spacial score (nSPS) is 12.1. The van der Waals surface area contributed by atoms with Gasteiger partial charge in [-0.05, 0) is 42.5 Å². The number of nitriles is 1. The summed E-state index contributed by atoms with van der Waals surface area (Å²) in [6.45, 7) is 0.335. The lowest BCUT2D eigenvalue weighted by molar-refractivity contribution is 0.0950. The molecule has 34 heavy (non-hydrogen) atoms. The third-order valence-corrected chi connectivity index (χ3v) is 6.66. The first-order valence-electron chi connectivity index (χ1n) is 10.5. The molecule has 0 aliphatic carbocycles. The highest BCUT2D eigenvalue weighted by Gasteiger charge is 2.23. The van der Waals surface area contributed by atoms with Crippen LogP contribution in [0.4, 0.5) is 17.1 Å². The molecule has 0 spiro atoms. The van der Waals surface area contributed by atoms with Gasteiger partial charge in [-0.1, -0.05) is 24.3 Å². The van der Waals surface area contributed by atoms with Crippen LogP contribution in [0.25, 0.3) is 10.6 Å². The number of para-hydroxylation sites is 1. The second-order valence-electron chi connectivity index (χ2n) is 7.77. The van der Waals surface area contributed by atoms with Crippen molar-refractivity contribution < 1.29 is 9.59 Å². The van der Waals surface area contributed by atoms with Crippen LogP contribution >= 0.6 is 11.3 Å². The van der Waals surface area contributed by atoms with Crippen molar-refractivity contribution in [2.24, 2.45) is 0 Å². The largest absolute Gasteiger partial charge is 0.347 e. The zero-order valence-corrected chi connectivity index (χ0v) is 19.0. The van der Waals surface area contributed by atoms with Crippen molar-refractivity contribution in [1.29, 1.82) is 5.26 Å². The number of hydrogen-bond donors (Lipinski definition) is 2. The maximum absolute atomic E-state index is 12.8. The minimum absolute atomic E-state index is 0.209. The molecule has 1 aliphatic rings. The fraction of sp³-hybridized carbons (Fsp3) is 0.0769. The van der Waals surface area contributed by atoms with Crippen LogP contribution in [-0.2, 0) is 6.54 Å². The van der Waals surface area contributed by atoms with Gasteiger partial charge >= 0.3 is 0 Å². The molecule has 1 aliphatic heterocycles. The second kappa shape index (κ2) is 8.81. The van der Waals surface area contributed by atoms with Gasteiger partial charge in [0.25, 0.3) is 11.8 Å². The Labute approximate surface area is 200 Å². The van der Waals surface area contributed by atoms with Crippen LogP contribution in [0, 0.1) is 11.3 Å². The second-order valence-corrected chi connectivity index (χ2v) is 8.88. The number of hydrogen-bond acceptors (Lipinski definition) is 6. The molecule has 0 radical (unpaired) electrons. The number of nitrogens with zero attached hydrogens (tertiary/aromatic N) is 3. The van der Waals surface area contributed by atoms with Gasteiger partial charge in [-0.25, -0.2) is 4.98 Å². The van der Waals surface area contributed by atoms with Crippen LogP contribution in [0.15, 0.2) is 72.9 Å². The van der Waals surface area contributed by atoms with E-state index >= 15 is 0 Å². The van der Waals surface area contributed by atoms with Crippen molar-refractivity contribution in [2.45, 2.75) is 6.54 Å². The first-order valence-corrected chi connectivity index (χ1v) is 11.4. The van der Waals surface area contributed by atoms with E-state index in [1.54, 1.807) is 36.5 Å². The van der Waals surface area contributed by atoms with E-state index < -0.39 is 0 Å². The number of amides is 2. The van der Waals surface area contributed by atoms with E-state index in [-0.39, 0.29) is 11.8 Å². The predicted octanol–water partition coefficient (Wildman–Crippen LogP) is 4.95. The summed E-state index contributed by atoms with van der Waals surface area (Å²) < 4.78 is 0. The molecule has 4 aromatic rings. The zero-order chi connectivity index (χ0) is 23.7. The first kappa shape index (κ1) is 21.4. The van der Waals surface area contributed by atoms with Crippen LogP contribution in [0.1, 0.15) is 31.2 Å². The summed E-state index contributed by atoms with van der Waals surface area (Å²) in [5, 5.41) is 15.6. The topological polar surface area (TPSA) is 98.1 Å². The number of anilines is 3. The summed E-state index contributed by atoms with van der Waals surface area (Å²) in [5.74, 6) is -0.450. The van der Waals surface area contributed by atoms with Crippen molar-refractivity contribution in [2.75, 3.05) is 17.3 Å². The summed E-state index contributed by atoms with van der Waals surface area (Å²) in [6.07, 6.45) is 1.74. The number of nitrogens with one attached hydrogen (secondary N) is 2. The van der Waals surface area contributed by atoms with Gasteiger partial charge in [0.15, 0.2) is 0 Å². The van der Waals surface area contributed by atoms with Crippen LogP contribution in [0.3, 0.4) is 0 Å². The molecule has 0 fully saturated rings. The van der Waals surface area contributed by atoms with Crippen molar-refractivity contribution in [3.05, 3.63) is 94.5 Å². The van der Waals surface area contributed by atoms with E-state index in [2.05, 4.69) is 21.7 Å². The molecular formula is C26H19N5O2S. The Balaban J connectivity index is 1.30. The molecule has 3 aromatic carbocycles. The monoisotopic (exact) mass is 465 g/mol. The SMILES string of the molecule is CN1c2ccc(C(=O)NCc3cnc(-c4ccc(C#N)cc4)s3)cc2NC(=O)c2ccccc21. The molecule has 166 valence electrons. The molecule has 7 nitrogen and oxygen atoms in total. The van der Waals surface area contributed by atoms with E-state index in [0.29, 0.717) is 28.9 Å². The third-order valence-electron chi connectivity index (χ3n) is 5.62. The number of carbonyl (C=O) groups excluding carboxylic acids is 2. The van der Waals surface area contributed by atoms with Crippen molar-refractivity contribution in [3.8, 4) is 16.6 Å². The van der Waals surface area contributed by atoms with Crippen LogP contribution in [0.2, 0.25) is 0 Å². The molecular weight excluding hydrogens is 446 g/mol. The van der Waals surface area contributed by atoms with Gasteiger partial charge in [-0.3, -0.25) is 9.59 Å². The Morgan fingerprint density at radius 1 is 1.12 bits per heavy atom. The van der Waals surface area contributed by atoms with Gasteiger partial charge < -0.3 is 15.5 Å². The van der Waals surface area contributed by atoms with Crippen LogP contribution in [-0.4, -0.2) is 23.8 Å². The Kier molecular flexibility index (Phi) is 5.54. The Morgan fingerprint density at radius 2 is 1.91 bits per heavy atom. The molecule has 0 saturated heterocycles. The summed E-state index contributed by atoms with van der Waals surface area (Å²) in [4.78, 5) is 32.8. The number of fused-ring (bicyclic) bond motifs is 2. The van der Waals surface area contributed by atoms with Crippen LogP contribution < -0.4 is 15.5 Å². The Morgan fingerprint density at radius 3 is 2.71 bits per heavy atom. The van der Waals surface area contributed by atoms with Crippen molar-refractivity contribution in [1.82, 2.24) is 10.3 Å². The lowest BCUT2D eigenvalue weighted by Gasteiger charge is -2.21. The van der Waals surface area contributed by atoms with E-state index in [1.165, 1.54) is 11.3 Å². The van der Waals surface area contributed by atoms with Crippen molar-refractivity contribution in [3.63, 3.8) is 0 Å². The Bertz CT molecular complexity index is 1450. The average molecular weight is 466 g/mol. The number of thiazole rings is 1. The minimum atomic E-state index is -0.241. The summed E-state index contributed by atoms with van der Waals surface area (Å²) in [7, 11) is 1.90. The highest BCUT2D eigenvalue weighted by atomic mass is 32.1. The zero-order valence-electron chi connectivity index (χ0n) is 18.2. The summed E-state index contributed by atoms with van der Waals surface area (Å²) in [5.41, 5.74) is 4.75. The molecule has 0 unspecified atom stereocenters. The molecule has 2 N–H and O–H groups in total. The fourth-order valence-electron chi connectivity index (χ4n) is 3.83. The number of benzene rings is 3. The molecule has 5 rings (SSSR count). The van der Waals surface area contributed by atoms with Gasteiger partial charge in [-0.15, -0.1) is 11.3 Å². The van der Waals surface area contributed by atoms with Gasteiger partial charge in [0.05, 0.1) is 40.8 Å². The summed E-state index contributed by atoms with van der Waals surface area (Å²) in [6, 6.07) is 22.0. The van der Waals surface area contributed by atoms with Crippen LogP contribution in [0.5, 0.6) is 0 Å². The van der Waals surface area contributed by atoms with E-state index in [9.17, 15) is 9.59 Å². The Hall–Kier alpha value is -4.48. The van der Waals surface area contributed by atoms with E-state index in [0.717, 1.165) is 26.8 Å². The van der Waals surface area contributed by atoms with Gasteiger partial charge in [-0.2, -0.15) is 5.26 Å². The molecule has 2 amide bonds. The number of aromatic nitrogens is 1. The quantitative estimate of drug-likeness (QED) is 0.445. The smallest absolute Gasteiger partial charge is 0.257 e. The molecule has 0 atom stereocenters. The van der Waals surface area contributed by atoms with Gasteiger partial charge in [0.2, 0.25) is 0 Å². The molecule has 2 heterocycles. The first-order chi connectivity index (χ1) is 16.5. The average Bonchev–Trinajstić information content (AvgIpc) is 3.32. The van der Waals surface area contributed by atoms with Gasteiger partial charge in [0.1, 0.15) is 5.01 Å². The molecule has 1 aromatic heterocycles.